The van der Waals surface area contributed by atoms with E-state index in [0.717, 1.165) is 16.3 Å². The summed E-state index contributed by atoms with van der Waals surface area (Å²) in [6.45, 7) is 10.6. The second-order valence-corrected chi connectivity index (χ2v) is 10.5. The SMILES string of the molecule is C/C(=C\c1csc(C)n1)[C@@H]1C/C=C\C/C=C\[C@H](C)[C@H](O)[C@@H](C)C(=O)C(C)(C)[C@@H](O)CC(=O)O1. The van der Waals surface area contributed by atoms with Gasteiger partial charge in [0.1, 0.15) is 11.9 Å². The Morgan fingerprint density at radius 3 is 2.55 bits per heavy atom. The maximum absolute atomic E-state index is 13.1. The molecule has 2 N–H and O–H groups in total. The number of aliphatic hydroxyl groups excluding tert-OH is 2. The molecule has 1 aliphatic rings. The molecule has 0 aromatic carbocycles. The van der Waals surface area contributed by atoms with Crippen LogP contribution in [0, 0.1) is 24.2 Å². The molecule has 7 heteroatoms. The summed E-state index contributed by atoms with van der Waals surface area (Å²) < 4.78 is 5.73. The van der Waals surface area contributed by atoms with Crippen LogP contribution in [0.4, 0.5) is 0 Å². The van der Waals surface area contributed by atoms with Crippen LogP contribution in [0.1, 0.15) is 64.6 Å². The van der Waals surface area contributed by atoms with Crippen LogP contribution in [-0.4, -0.2) is 45.3 Å². The highest BCUT2D eigenvalue weighted by molar-refractivity contribution is 7.09. The molecule has 1 aromatic rings. The Bertz CT molecular complexity index is 914. The van der Waals surface area contributed by atoms with Gasteiger partial charge in [0, 0.05) is 23.6 Å². The van der Waals surface area contributed by atoms with Crippen molar-refractivity contribution in [3.63, 3.8) is 0 Å². The lowest BCUT2D eigenvalue weighted by atomic mass is 9.73. The number of esters is 1. The number of Topliss-reactive ketones (excluding diaryl/α,β-unsaturated/α-hetero) is 1. The second-order valence-electron chi connectivity index (χ2n) is 9.47. The Balaban J connectivity index is 2.31. The molecule has 0 fully saturated rings. The first-order valence-electron chi connectivity index (χ1n) is 11.4. The van der Waals surface area contributed by atoms with Gasteiger partial charge in [-0.15, -0.1) is 11.3 Å². The molecule has 2 heterocycles. The van der Waals surface area contributed by atoms with Gasteiger partial charge < -0.3 is 14.9 Å². The summed E-state index contributed by atoms with van der Waals surface area (Å²) in [7, 11) is 0. The number of ether oxygens (including phenoxy) is 1. The second kappa shape index (κ2) is 11.9. The minimum Gasteiger partial charge on any atom is -0.457 e. The molecule has 5 atom stereocenters. The Morgan fingerprint density at radius 1 is 1.21 bits per heavy atom. The van der Waals surface area contributed by atoms with E-state index >= 15 is 0 Å². The normalized spacial score (nSPS) is 32.2. The number of aromatic nitrogens is 1. The number of hydrogen-bond donors (Lipinski definition) is 2. The van der Waals surface area contributed by atoms with Crippen molar-refractivity contribution in [2.75, 3.05) is 0 Å². The van der Waals surface area contributed by atoms with E-state index in [1.165, 1.54) is 0 Å². The number of ketones is 1. The van der Waals surface area contributed by atoms with Gasteiger partial charge in [-0.3, -0.25) is 9.59 Å². The average Bonchev–Trinajstić information content (AvgIpc) is 3.16. The first-order valence-corrected chi connectivity index (χ1v) is 12.3. The summed E-state index contributed by atoms with van der Waals surface area (Å²) in [6, 6.07) is 0. The molecule has 2 rings (SSSR count). The van der Waals surface area contributed by atoms with Gasteiger partial charge in [-0.1, -0.05) is 52.0 Å². The van der Waals surface area contributed by atoms with Crippen LogP contribution in [0.3, 0.4) is 0 Å². The highest BCUT2D eigenvalue weighted by Crippen LogP contribution is 2.31. The third kappa shape index (κ3) is 7.45. The van der Waals surface area contributed by atoms with E-state index in [1.807, 2.05) is 56.5 Å². The van der Waals surface area contributed by atoms with Crippen molar-refractivity contribution in [2.24, 2.45) is 17.3 Å². The number of aryl methyl sites for hydroxylation is 1. The number of cyclic esters (lactones) is 1. The van der Waals surface area contributed by atoms with Crippen LogP contribution < -0.4 is 0 Å². The van der Waals surface area contributed by atoms with Crippen LogP contribution in [0.2, 0.25) is 0 Å². The number of nitrogens with zero attached hydrogens (tertiary/aromatic N) is 1. The predicted molar refractivity (Wildman–Crippen MR) is 132 cm³/mol. The van der Waals surface area contributed by atoms with Gasteiger partial charge in [0.05, 0.1) is 34.7 Å². The zero-order valence-corrected chi connectivity index (χ0v) is 21.3. The largest absolute Gasteiger partial charge is 0.457 e. The van der Waals surface area contributed by atoms with E-state index in [1.54, 1.807) is 32.1 Å². The Kier molecular flexibility index (Phi) is 9.76. The van der Waals surface area contributed by atoms with Gasteiger partial charge in [0.15, 0.2) is 0 Å². The van der Waals surface area contributed by atoms with E-state index in [-0.39, 0.29) is 18.1 Å². The quantitative estimate of drug-likeness (QED) is 0.477. The van der Waals surface area contributed by atoms with E-state index in [4.69, 9.17) is 4.74 Å². The van der Waals surface area contributed by atoms with E-state index < -0.39 is 35.6 Å². The smallest absolute Gasteiger partial charge is 0.309 e. The standard InChI is InChI=1S/C26H37NO5S/c1-16-11-9-7-8-10-12-21(17(2)13-20-15-33-19(4)27-20)32-23(29)14-22(28)26(5,6)25(31)18(3)24(16)30/h8-11,13,15-16,18,21-22,24,28,30H,7,12,14H2,1-6H3/b10-8-,11-9-,17-13+/t16-,18+,21-,22-,24-/m0/s1. The number of rotatable bonds is 2. The summed E-state index contributed by atoms with van der Waals surface area (Å²) in [4.78, 5) is 30.3. The Labute approximate surface area is 201 Å². The number of thiazole rings is 1. The van der Waals surface area contributed by atoms with E-state index in [0.29, 0.717) is 12.8 Å². The third-order valence-corrected chi connectivity index (χ3v) is 7.11. The molecule has 0 amide bonds. The number of carbonyl (C=O) groups is 2. The lowest BCUT2D eigenvalue weighted by Gasteiger charge is -2.34. The zero-order valence-electron chi connectivity index (χ0n) is 20.4. The fourth-order valence-electron chi connectivity index (χ4n) is 3.88. The predicted octanol–water partition coefficient (Wildman–Crippen LogP) is 4.65. The molecule has 0 bridgehead atoms. The fraction of sp³-hybridized carbons (Fsp3) is 0.577. The van der Waals surface area contributed by atoms with Gasteiger partial charge in [-0.25, -0.2) is 4.98 Å². The summed E-state index contributed by atoms with van der Waals surface area (Å²) in [5, 5.41) is 24.3. The van der Waals surface area contributed by atoms with Crippen molar-refractivity contribution in [2.45, 2.75) is 79.1 Å². The van der Waals surface area contributed by atoms with Crippen molar-refractivity contribution in [1.82, 2.24) is 4.98 Å². The first-order chi connectivity index (χ1) is 15.4. The molecule has 0 saturated carbocycles. The van der Waals surface area contributed by atoms with E-state index in [2.05, 4.69) is 4.98 Å². The van der Waals surface area contributed by atoms with Crippen molar-refractivity contribution >= 4 is 29.2 Å². The molecule has 1 aliphatic heterocycles. The van der Waals surface area contributed by atoms with Gasteiger partial charge in [0.25, 0.3) is 0 Å². The number of hydrogen-bond acceptors (Lipinski definition) is 7. The monoisotopic (exact) mass is 475 g/mol. The average molecular weight is 476 g/mol. The topological polar surface area (TPSA) is 96.7 Å². The highest BCUT2D eigenvalue weighted by Gasteiger charge is 2.42. The van der Waals surface area contributed by atoms with Crippen molar-refractivity contribution in [3.05, 3.63) is 46.0 Å². The van der Waals surface area contributed by atoms with Crippen LogP contribution in [0.25, 0.3) is 6.08 Å². The number of aliphatic hydroxyl groups is 2. The van der Waals surface area contributed by atoms with E-state index in [9.17, 15) is 19.8 Å². The molecule has 1 aromatic heterocycles. The summed E-state index contributed by atoms with van der Waals surface area (Å²) in [5.74, 6) is -1.76. The minimum atomic E-state index is -1.23. The Morgan fingerprint density at radius 2 is 1.91 bits per heavy atom. The van der Waals surface area contributed by atoms with Crippen molar-refractivity contribution < 1.29 is 24.5 Å². The molecule has 0 unspecified atom stereocenters. The molecule has 33 heavy (non-hydrogen) atoms. The van der Waals surface area contributed by atoms with Crippen LogP contribution in [0.5, 0.6) is 0 Å². The Hall–Kier alpha value is -2.09. The number of carbonyl (C=O) groups excluding carboxylic acids is 2. The fourth-order valence-corrected chi connectivity index (χ4v) is 4.45. The lowest BCUT2D eigenvalue weighted by molar-refractivity contribution is -0.154. The van der Waals surface area contributed by atoms with Crippen LogP contribution in [0.15, 0.2) is 35.3 Å². The molecule has 0 spiro atoms. The van der Waals surface area contributed by atoms with Gasteiger partial charge >= 0.3 is 5.97 Å². The molecule has 0 radical (unpaired) electrons. The van der Waals surface area contributed by atoms with Crippen LogP contribution in [-0.2, 0) is 14.3 Å². The molecule has 0 saturated heterocycles. The molecular formula is C26H37NO5S. The number of allylic oxidation sites excluding steroid dienone is 2. The van der Waals surface area contributed by atoms with Gasteiger partial charge in [0.2, 0.25) is 0 Å². The maximum atomic E-state index is 13.1. The van der Waals surface area contributed by atoms with Crippen molar-refractivity contribution in [1.29, 1.82) is 0 Å². The first kappa shape index (κ1) is 27.2. The zero-order chi connectivity index (χ0) is 24.8. The molecule has 0 aliphatic carbocycles. The maximum Gasteiger partial charge on any atom is 0.309 e. The highest BCUT2D eigenvalue weighted by atomic mass is 32.1. The summed E-state index contributed by atoms with van der Waals surface area (Å²) >= 11 is 1.55. The summed E-state index contributed by atoms with van der Waals surface area (Å²) in [5.41, 5.74) is 0.460. The van der Waals surface area contributed by atoms with Gasteiger partial charge in [-0.05, 0) is 31.9 Å². The molecule has 182 valence electrons. The summed E-state index contributed by atoms with van der Waals surface area (Å²) in [6.07, 6.45) is 7.94. The minimum absolute atomic E-state index is 0.220. The molecular weight excluding hydrogens is 438 g/mol. The third-order valence-electron chi connectivity index (χ3n) is 6.32. The lowest BCUT2D eigenvalue weighted by Crippen LogP contribution is -2.45. The van der Waals surface area contributed by atoms with Crippen molar-refractivity contribution in [3.8, 4) is 0 Å². The molecule has 6 nitrogen and oxygen atoms in total. The van der Waals surface area contributed by atoms with Gasteiger partial charge in [-0.2, -0.15) is 0 Å². The van der Waals surface area contributed by atoms with Crippen LogP contribution >= 0.6 is 11.3 Å².